The van der Waals surface area contributed by atoms with Crippen LogP contribution < -0.4 is 9.62 Å². The molecule has 0 aliphatic rings. The van der Waals surface area contributed by atoms with E-state index in [1.54, 1.807) is 12.1 Å². The molecule has 16 heavy (non-hydrogen) atoms. The highest BCUT2D eigenvalue weighted by atomic mass is 32.2. The lowest BCUT2D eigenvalue weighted by Crippen LogP contribution is -2.20. The number of rotatable bonds is 4. The molecule has 6 heteroatoms. The van der Waals surface area contributed by atoms with Crippen LogP contribution in [0, 0.1) is 0 Å². The van der Waals surface area contributed by atoms with E-state index in [0.29, 0.717) is 0 Å². The normalized spacial score (nSPS) is 11.8. The highest BCUT2D eigenvalue weighted by molar-refractivity contribution is 7.89. The molecule has 0 fully saturated rings. The highest BCUT2D eigenvalue weighted by Gasteiger charge is 2.19. The molecule has 90 valence electrons. The smallest absolute Gasteiger partial charge is 0.265 e. The molecule has 0 heterocycles. The first-order valence-electron chi connectivity index (χ1n) is 4.76. The molecule has 0 bridgehead atoms. The number of hydrogen-bond acceptors (Lipinski definition) is 4. The molecule has 5 nitrogen and oxygen atoms in total. The fraction of sp³-hybridized carbons (Fsp3) is 0.400. The van der Waals surface area contributed by atoms with Gasteiger partial charge in [0, 0.05) is 0 Å². The largest absolute Gasteiger partial charge is 0.495 e. The van der Waals surface area contributed by atoms with Crippen LogP contribution in [0.3, 0.4) is 0 Å². The molecule has 0 saturated carbocycles. The van der Waals surface area contributed by atoms with E-state index in [1.165, 1.54) is 18.1 Å². The van der Waals surface area contributed by atoms with Gasteiger partial charge in [-0.3, -0.25) is 0 Å². The minimum Gasteiger partial charge on any atom is -0.495 e. The average Bonchev–Trinajstić information content (AvgIpc) is 2.28. The van der Waals surface area contributed by atoms with Crippen LogP contribution in [0.5, 0.6) is 5.75 Å². The van der Waals surface area contributed by atoms with Crippen LogP contribution in [-0.4, -0.2) is 20.7 Å². The number of nitrogens with one attached hydrogen (secondary N) is 1. The number of methoxy groups -OCH3 is 1. The molecule has 0 aliphatic heterocycles. The third-order valence-corrected chi connectivity index (χ3v) is 3.40. The van der Waals surface area contributed by atoms with Crippen molar-refractivity contribution in [3.8, 4) is 5.75 Å². The third-order valence-electron chi connectivity index (χ3n) is 2.26. The lowest BCUT2D eigenvalue weighted by atomic mass is 10.0. The Hall–Kier alpha value is -1.11. The fourth-order valence-electron chi connectivity index (χ4n) is 1.31. The second kappa shape index (κ2) is 4.82. The van der Waals surface area contributed by atoms with Gasteiger partial charge in [-0.2, -0.15) is 0 Å². The van der Waals surface area contributed by atoms with E-state index >= 15 is 0 Å². The summed E-state index contributed by atoms with van der Waals surface area (Å²) in [6.45, 7) is 3.90. The van der Waals surface area contributed by atoms with E-state index in [4.69, 9.17) is 9.94 Å². The first-order chi connectivity index (χ1) is 7.42. The Kier molecular flexibility index (Phi) is 3.90. The molecule has 0 amide bonds. The van der Waals surface area contributed by atoms with Gasteiger partial charge >= 0.3 is 0 Å². The Morgan fingerprint density at radius 3 is 2.44 bits per heavy atom. The standard InChI is InChI=1S/C10H15NO4S/c1-7(2)8-4-5-9(15-3)10(6-8)16(13,14)11-12/h4-7,11-12H,1-3H3. The van der Waals surface area contributed by atoms with E-state index in [1.807, 2.05) is 13.8 Å². The number of sulfonamides is 1. The zero-order valence-electron chi connectivity index (χ0n) is 9.39. The second-order valence-corrected chi connectivity index (χ2v) is 5.29. The van der Waals surface area contributed by atoms with Gasteiger partial charge in [0.05, 0.1) is 7.11 Å². The van der Waals surface area contributed by atoms with E-state index in [-0.39, 0.29) is 16.6 Å². The Balaban J connectivity index is 3.39. The van der Waals surface area contributed by atoms with E-state index in [2.05, 4.69) is 0 Å². The first-order valence-corrected chi connectivity index (χ1v) is 6.24. The maximum absolute atomic E-state index is 11.5. The first kappa shape index (κ1) is 13.0. The molecule has 0 aromatic heterocycles. The molecular weight excluding hydrogens is 230 g/mol. The quantitative estimate of drug-likeness (QED) is 0.788. The van der Waals surface area contributed by atoms with Gasteiger partial charge in [0.1, 0.15) is 10.6 Å². The predicted molar refractivity (Wildman–Crippen MR) is 59.2 cm³/mol. The third kappa shape index (κ3) is 2.52. The summed E-state index contributed by atoms with van der Waals surface area (Å²) in [6, 6.07) is 4.85. The molecule has 0 unspecified atom stereocenters. The molecule has 1 aromatic carbocycles. The minimum absolute atomic E-state index is 0.0660. The predicted octanol–water partition coefficient (Wildman–Crippen LogP) is 1.49. The lowest BCUT2D eigenvalue weighted by molar-refractivity contribution is 0.242. The Morgan fingerprint density at radius 1 is 1.38 bits per heavy atom. The summed E-state index contributed by atoms with van der Waals surface area (Å²) >= 11 is 0. The Labute approximate surface area is 95.1 Å². The van der Waals surface area contributed by atoms with Gasteiger partial charge in [0.25, 0.3) is 10.0 Å². The van der Waals surface area contributed by atoms with Gasteiger partial charge < -0.3 is 9.94 Å². The van der Waals surface area contributed by atoms with Crippen LogP contribution in [0.2, 0.25) is 0 Å². The van der Waals surface area contributed by atoms with Crippen LogP contribution >= 0.6 is 0 Å². The molecule has 0 aliphatic carbocycles. The fourth-order valence-corrected chi connectivity index (χ4v) is 2.12. The summed E-state index contributed by atoms with van der Waals surface area (Å²) in [5.41, 5.74) is 0.856. The Bertz CT molecular complexity index is 468. The van der Waals surface area contributed by atoms with E-state index in [0.717, 1.165) is 5.56 Å². The van der Waals surface area contributed by atoms with Crippen LogP contribution in [0.1, 0.15) is 25.3 Å². The van der Waals surface area contributed by atoms with Crippen molar-refractivity contribution in [3.63, 3.8) is 0 Å². The van der Waals surface area contributed by atoms with Crippen molar-refractivity contribution >= 4 is 10.0 Å². The van der Waals surface area contributed by atoms with Gasteiger partial charge in [-0.25, -0.2) is 8.42 Å². The maximum Gasteiger partial charge on any atom is 0.265 e. The SMILES string of the molecule is COc1ccc(C(C)C)cc1S(=O)(=O)NO. The topological polar surface area (TPSA) is 75.6 Å². The zero-order chi connectivity index (χ0) is 12.3. The van der Waals surface area contributed by atoms with Crippen molar-refractivity contribution in [2.75, 3.05) is 7.11 Å². The summed E-state index contributed by atoms with van der Waals surface area (Å²) in [6.07, 6.45) is 0. The van der Waals surface area contributed by atoms with Gasteiger partial charge in [0.15, 0.2) is 0 Å². The molecule has 0 spiro atoms. The zero-order valence-corrected chi connectivity index (χ0v) is 10.2. The van der Waals surface area contributed by atoms with Crippen LogP contribution in [0.15, 0.2) is 23.1 Å². The van der Waals surface area contributed by atoms with Gasteiger partial charge in [-0.15, -0.1) is 0 Å². The molecule has 0 atom stereocenters. The number of ether oxygens (including phenoxy) is 1. The summed E-state index contributed by atoms with van der Waals surface area (Å²) in [5, 5.41) is 8.60. The number of hydrogen-bond donors (Lipinski definition) is 2. The number of benzene rings is 1. The second-order valence-electron chi connectivity index (χ2n) is 3.66. The van der Waals surface area contributed by atoms with Crippen molar-refractivity contribution in [2.24, 2.45) is 0 Å². The maximum atomic E-state index is 11.5. The van der Waals surface area contributed by atoms with Crippen LogP contribution in [0.25, 0.3) is 0 Å². The molecule has 0 saturated heterocycles. The monoisotopic (exact) mass is 245 g/mol. The van der Waals surface area contributed by atoms with Crippen LogP contribution in [0.4, 0.5) is 0 Å². The van der Waals surface area contributed by atoms with Gasteiger partial charge in [-0.1, -0.05) is 24.8 Å². The van der Waals surface area contributed by atoms with Crippen molar-refractivity contribution in [1.29, 1.82) is 0 Å². The van der Waals surface area contributed by atoms with Gasteiger partial charge in [0.2, 0.25) is 0 Å². The van der Waals surface area contributed by atoms with Crippen molar-refractivity contribution < 1.29 is 18.4 Å². The Morgan fingerprint density at radius 2 is 2.00 bits per heavy atom. The van der Waals surface area contributed by atoms with E-state index < -0.39 is 10.0 Å². The van der Waals surface area contributed by atoms with Gasteiger partial charge in [-0.05, 0) is 23.6 Å². The van der Waals surface area contributed by atoms with Crippen LogP contribution in [-0.2, 0) is 10.0 Å². The molecule has 2 N–H and O–H groups in total. The lowest BCUT2D eigenvalue weighted by Gasteiger charge is -2.12. The van der Waals surface area contributed by atoms with E-state index in [9.17, 15) is 8.42 Å². The highest BCUT2D eigenvalue weighted by Crippen LogP contribution is 2.27. The summed E-state index contributed by atoms with van der Waals surface area (Å²) < 4.78 is 28.0. The molecule has 1 rings (SSSR count). The average molecular weight is 245 g/mol. The van der Waals surface area contributed by atoms with Crippen molar-refractivity contribution in [1.82, 2.24) is 4.89 Å². The molecule has 1 aromatic rings. The summed E-state index contributed by atoms with van der Waals surface area (Å²) in [5.74, 6) is 0.393. The summed E-state index contributed by atoms with van der Waals surface area (Å²) in [4.78, 5) is 1.22. The minimum atomic E-state index is -3.92. The van der Waals surface area contributed by atoms with Crippen molar-refractivity contribution in [2.45, 2.75) is 24.7 Å². The summed E-state index contributed by atoms with van der Waals surface area (Å²) in [7, 11) is -2.54. The molecule has 0 radical (unpaired) electrons. The molecular formula is C10H15NO4S. The van der Waals surface area contributed by atoms with Crippen molar-refractivity contribution in [3.05, 3.63) is 23.8 Å².